The number of nitrogens with zero attached hydrogens (tertiary/aromatic N) is 4. The van der Waals surface area contributed by atoms with Gasteiger partial charge in [0.25, 0.3) is 0 Å². The predicted octanol–water partition coefficient (Wildman–Crippen LogP) is 7.16. The molecular formula is C25H21ClF3N5O. The Bertz CT molecular complexity index is 1310. The summed E-state index contributed by atoms with van der Waals surface area (Å²) in [5.41, 5.74) is 1.99. The van der Waals surface area contributed by atoms with Crippen LogP contribution >= 0.6 is 11.6 Å². The maximum atomic E-state index is 14.5. The average molecular weight is 500 g/mol. The van der Waals surface area contributed by atoms with Gasteiger partial charge in [0.1, 0.15) is 5.82 Å². The van der Waals surface area contributed by atoms with Crippen molar-refractivity contribution in [1.29, 1.82) is 5.41 Å². The topological polar surface area (TPSA) is 83.5 Å². The molecule has 2 aromatic carbocycles. The standard InChI is InChI=1S/C25H21ClF3N5O/c1-2-20(22(8-10-30)33-19-5-3-4-18(26)13-19)24(35)9-11-31-23-7-6-16(12-21(23)27)17-14-32-34(15-17)25(28)29/h2-7,10-15,25,30H,8-9H2,1H3/b20-2-,30-10?,31-11?,33-22?. The van der Waals surface area contributed by atoms with Crippen molar-refractivity contribution in [1.82, 2.24) is 9.78 Å². The van der Waals surface area contributed by atoms with E-state index in [0.29, 0.717) is 37.8 Å². The lowest BCUT2D eigenvalue weighted by molar-refractivity contribution is -0.113. The molecule has 6 nitrogen and oxygen atoms in total. The van der Waals surface area contributed by atoms with Gasteiger partial charge >= 0.3 is 6.55 Å². The molecule has 0 saturated carbocycles. The summed E-state index contributed by atoms with van der Waals surface area (Å²) in [5.74, 6) is -0.968. The molecule has 0 aliphatic heterocycles. The van der Waals surface area contributed by atoms with Crippen LogP contribution in [0.4, 0.5) is 24.5 Å². The molecule has 3 rings (SSSR count). The largest absolute Gasteiger partial charge is 0.333 e. The predicted molar refractivity (Wildman–Crippen MR) is 132 cm³/mol. The number of rotatable bonds is 10. The van der Waals surface area contributed by atoms with Crippen LogP contribution in [0.25, 0.3) is 11.1 Å². The smallest absolute Gasteiger partial charge is 0.313 e. The van der Waals surface area contributed by atoms with E-state index < -0.39 is 12.4 Å². The fourth-order valence-corrected chi connectivity index (χ4v) is 3.41. The molecular weight excluding hydrogens is 479 g/mol. The molecule has 0 fully saturated rings. The van der Waals surface area contributed by atoms with Crippen molar-refractivity contribution >= 4 is 46.9 Å². The van der Waals surface area contributed by atoms with Crippen LogP contribution in [0, 0.1) is 11.2 Å². The Morgan fingerprint density at radius 3 is 2.63 bits per heavy atom. The summed E-state index contributed by atoms with van der Waals surface area (Å²) in [6.45, 7) is -1.09. The minimum Gasteiger partial charge on any atom is -0.313 e. The van der Waals surface area contributed by atoms with Crippen LogP contribution in [0.5, 0.6) is 0 Å². The number of ketones is 1. The highest BCUT2D eigenvalue weighted by Gasteiger charge is 2.15. The molecule has 180 valence electrons. The number of Topliss-reactive ketones (excluding diaryl/α,β-unsaturated/α-hetero) is 1. The van der Waals surface area contributed by atoms with E-state index in [4.69, 9.17) is 17.0 Å². The molecule has 0 aliphatic rings. The van der Waals surface area contributed by atoms with Crippen molar-refractivity contribution in [2.75, 3.05) is 0 Å². The summed E-state index contributed by atoms with van der Waals surface area (Å²) in [4.78, 5) is 21.3. The fraction of sp³-hybridized carbons (Fsp3) is 0.160. The number of carbonyl (C=O) groups is 1. The second-order valence-electron chi connectivity index (χ2n) is 7.24. The summed E-state index contributed by atoms with van der Waals surface area (Å²) in [6, 6.07) is 10.9. The van der Waals surface area contributed by atoms with Crippen LogP contribution in [-0.2, 0) is 4.79 Å². The summed E-state index contributed by atoms with van der Waals surface area (Å²) in [7, 11) is 0. The molecule has 35 heavy (non-hydrogen) atoms. The van der Waals surface area contributed by atoms with Crippen LogP contribution in [0.1, 0.15) is 26.3 Å². The maximum Gasteiger partial charge on any atom is 0.333 e. The van der Waals surface area contributed by atoms with E-state index in [9.17, 15) is 18.0 Å². The highest BCUT2D eigenvalue weighted by Crippen LogP contribution is 2.27. The molecule has 0 radical (unpaired) electrons. The molecule has 0 bridgehead atoms. The monoisotopic (exact) mass is 499 g/mol. The number of halogens is 4. The van der Waals surface area contributed by atoms with Gasteiger partial charge in [0.05, 0.1) is 23.3 Å². The van der Waals surface area contributed by atoms with E-state index in [2.05, 4.69) is 15.1 Å². The molecule has 0 unspecified atom stereocenters. The summed E-state index contributed by atoms with van der Waals surface area (Å²) < 4.78 is 40.4. The number of benzene rings is 2. The van der Waals surface area contributed by atoms with Gasteiger partial charge < -0.3 is 5.41 Å². The lowest BCUT2D eigenvalue weighted by Gasteiger charge is -2.08. The molecule has 1 N–H and O–H groups in total. The Kier molecular flexibility index (Phi) is 8.86. The van der Waals surface area contributed by atoms with Crippen molar-refractivity contribution in [3.05, 3.63) is 77.3 Å². The van der Waals surface area contributed by atoms with Gasteiger partial charge in [-0.05, 0) is 42.8 Å². The molecule has 1 aromatic heterocycles. The molecule has 0 saturated heterocycles. The SMILES string of the molecule is C/C=C(\C(=O)CC=Nc1ccc(-c2cnn(C(F)F)c2)cc1F)C(CC=N)=Nc1cccc(Cl)c1. The first-order chi connectivity index (χ1) is 16.8. The van der Waals surface area contributed by atoms with Crippen LogP contribution in [-0.4, -0.2) is 33.7 Å². The van der Waals surface area contributed by atoms with Crippen molar-refractivity contribution in [2.24, 2.45) is 9.98 Å². The first kappa shape index (κ1) is 25.8. The van der Waals surface area contributed by atoms with E-state index in [-0.39, 0.29) is 24.3 Å². The lowest BCUT2D eigenvalue weighted by atomic mass is 10.0. The highest BCUT2D eigenvalue weighted by molar-refractivity contribution is 6.31. The minimum atomic E-state index is -2.79. The minimum absolute atomic E-state index is 0.00265. The highest BCUT2D eigenvalue weighted by atomic mass is 35.5. The number of aliphatic imine (C=N–C) groups is 2. The summed E-state index contributed by atoms with van der Waals surface area (Å²) in [5, 5.41) is 11.5. The van der Waals surface area contributed by atoms with Crippen LogP contribution in [0.2, 0.25) is 5.02 Å². The quantitative estimate of drug-likeness (QED) is 0.237. The van der Waals surface area contributed by atoms with Gasteiger partial charge in [-0.3, -0.25) is 14.8 Å². The van der Waals surface area contributed by atoms with E-state index in [1.54, 1.807) is 37.3 Å². The molecule has 0 spiro atoms. The number of hydrogen-bond donors (Lipinski definition) is 1. The molecule has 0 amide bonds. The first-order valence-electron chi connectivity index (χ1n) is 10.5. The number of carbonyl (C=O) groups excluding carboxylic acids is 1. The van der Waals surface area contributed by atoms with Crippen molar-refractivity contribution < 1.29 is 18.0 Å². The van der Waals surface area contributed by atoms with E-state index in [1.807, 2.05) is 0 Å². The average Bonchev–Trinajstić information content (AvgIpc) is 3.31. The Labute approximate surface area is 205 Å². The molecule has 0 aliphatic carbocycles. The fourth-order valence-electron chi connectivity index (χ4n) is 3.22. The Morgan fingerprint density at radius 2 is 2.00 bits per heavy atom. The normalized spacial score (nSPS) is 12.5. The van der Waals surface area contributed by atoms with Gasteiger partial charge in [0.15, 0.2) is 5.78 Å². The number of hydrogen-bond acceptors (Lipinski definition) is 5. The Balaban J connectivity index is 1.73. The van der Waals surface area contributed by atoms with E-state index >= 15 is 0 Å². The second kappa shape index (κ2) is 12.0. The molecule has 0 atom stereocenters. The Morgan fingerprint density at radius 1 is 1.20 bits per heavy atom. The number of alkyl halides is 2. The zero-order valence-corrected chi connectivity index (χ0v) is 19.4. The van der Waals surface area contributed by atoms with E-state index in [0.717, 1.165) is 12.4 Å². The van der Waals surface area contributed by atoms with Crippen LogP contribution < -0.4 is 0 Å². The van der Waals surface area contributed by atoms with Gasteiger partial charge in [-0.15, -0.1) is 0 Å². The molecule has 10 heteroatoms. The van der Waals surface area contributed by atoms with Gasteiger partial charge in [0, 0.05) is 47.6 Å². The van der Waals surface area contributed by atoms with Crippen molar-refractivity contribution in [3.8, 4) is 11.1 Å². The molecule has 1 heterocycles. The first-order valence-corrected chi connectivity index (χ1v) is 10.9. The van der Waals surface area contributed by atoms with Crippen LogP contribution in [0.15, 0.2) is 76.5 Å². The van der Waals surface area contributed by atoms with Crippen molar-refractivity contribution in [3.63, 3.8) is 0 Å². The zero-order valence-electron chi connectivity index (χ0n) is 18.6. The Hall–Kier alpha value is -3.85. The van der Waals surface area contributed by atoms with Crippen LogP contribution in [0.3, 0.4) is 0 Å². The third kappa shape index (κ3) is 6.83. The van der Waals surface area contributed by atoms with Gasteiger partial charge in [0.2, 0.25) is 0 Å². The zero-order chi connectivity index (χ0) is 25.4. The maximum absolute atomic E-state index is 14.5. The summed E-state index contributed by atoms with van der Waals surface area (Å²) >= 11 is 6.00. The lowest BCUT2D eigenvalue weighted by Crippen LogP contribution is -2.14. The van der Waals surface area contributed by atoms with Gasteiger partial charge in [-0.25, -0.2) is 9.07 Å². The number of allylic oxidation sites excluding steroid dienone is 2. The molecule has 3 aromatic rings. The summed E-state index contributed by atoms with van der Waals surface area (Å²) in [6.07, 6.45) is 6.42. The number of nitrogens with one attached hydrogen (secondary N) is 1. The third-order valence-electron chi connectivity index (χ3n) is 4.86. The van der Waals surface area contributed by atoms with Gasteiger partial charge in [-0.2, -0.15) is 13.9 Å². The van der Waals surface area contributed by atoms with E-state index in [1.165, 1.54) is 30.6 Å². The van der Waals surface area contributed by atoms with Gasteiger partial charge in [-0.1, -0.05) is 29.8 Å². The number of aromatic nitrogens is 2. The van der Waals surface area contributed by atoms with Crippen molar-refractivity contribution in [2.45, 2.75) is 26.3 Å². The third-order valence-corrected chi connectivity index (χ3v) is 5.09. The second-order valence-corrected chi connectivity index (χ2v) is 7.68.